The summed E-state index contributed by atoms with van der Waals surface area (Å²) < 4.78 is 3.81. The van der Waals surface area contributed by atoms with Crippen molar-refractivity contribution in [1.82, 2.24) is 24.4 Å². The van der Waals surface area contributed by atoms with Crippen LogP contribution in [0.4, 0.5) is 5.82 Å². The van der Waals surface area contributed by atoms with Crippen LogP contribution in [0.25, 0.3) is 16.9 Å². The fourth-order valence-electron chi connectivity index (χ4n) is 2.84. The second-order valence-corrected chi connectivity index (χ2v) is 6.05. The predicted octanol–water partition coefficient (Wildman–Crippen LogP) is 3.40. The summed E-state index contributed by atoms with van der Waals surface area (Å²) in [7, 11) is 0. The van der Waals surface area contributed by atoms with Gasteiger partial charge in [-0.15, -0.1) is 0 Å². The molecule has 4 aromatic rings. The molecular weight excluding hydrogens is 312 g/mol. The van der Waals surface area contributed by atoms with Gasteiger partial charge < -0.3 is 5.32 Å². The molecule has 1 aromatic carbocycles. The van der Waals surface area contributed by atoms with Crippen LogP contribution in [0.15, 0.2) is 61.1 Å². The SMILES string of the molecule is Cc1cnn(CCCNc2cc(-c3ccccc3)nc3ccnn23)c1. The van der Waals surface area contributed by atoms with Crippen molar-refractivity contribution in [3.8, 4) is 11.3 Å². The predicted molar refractivity (Wildman–Crippen MR) is 98.5 cm³/mol. The molecule has 0 fully saturated rings. The molecule has 4 rings (SSSR count). The zero-order valence-corrected chi connectivity index (χ0v) is 14.1. The lowest BCUT2D eigenvalue weighted by Crippen LogP contribution is -2.10. The average Bonchev–Trinajstić information content (AvgIpc) is 3.28. The van der Waals surface area contributed by atoms with E-state index in [1.165, 1.54) is 5.56 Å². The maximum atomic E-state index is 4.69. The van der Waals surface area contributed by atoms with Gasteiger partial charge in [0.1, 0.15) is 5.82 Å². The van der Waals surface area contributed by atoms with Gasteiger partial charge in [-0.3, -0.25) is 4.68 Å². The number of hydrogen-bond donors (Lipinski definition) is 1. The topological polar surface area (TPSA) is 60.0 Å². The minimum Gasteiger partial charge on any atom is -0.370 e. The Kier molecular flexibility index (Phi) is 4.16. The first-order valence-corrected chi connectivity index (χ1v) is 8.43. The Bertz CT molecular complexity index is 970. The molecule has 0 aliphatic rings. The Morgan fingerprint density at radius 3 is 2.76 bits per heavy atom. The van der Waals surface area contributed by atoms with E-state index in [9.17, 15) is 0 Å². The molecule has 3 aromatic heterocycles. The van der Waals surface area contributed by atoms with E-state index in [4.69, 9.17) is 4.98 Å². The zero-order valence-electron chi connectivity index (χ0n) is 14.1. The van der Waals surface area contributed by atoms with Gasteiger partial charge in [0.2, 0.25) is 0 Å². The van der Waals surface area contributed by atoms with E-state index in [1.807, 2.05) is 45.7 Å². The summed E-state index contributed by atoms with van der Waals surface area (Å²) >= 11 is 0. The fourth-order valence-corrected chi connectivity index (χ4v) is 2.84. The first-order chi connectivity index (χ1) is 12.3. The number of nitrogens with one attached hydrogen (secondary N) is 1. The number of rotatable bonds is 6. The van der Waals surface area contributed by atoms with Crippen molar-refractivity contribution in [2.45, 2.75) is 19.9 Å². The summed E-state index contributed by atoms with van der Waals surface area (Å²) in [5.74, 6) is 0.950. The first-order valence-electron chi connectivity index (χ1n) is 8.43. The summed E-state index contributed by atoms with van der Waals surface area (Å²) in [6.07, 6.45) is 6.70. The van der Waals surface area contributed by atoms with Gasteiger partial charge in [0.05, 0.1) is 18.1 Å². The van der Waals surface area contributed by atoms with Crippen molar-refractivity contribution < 1.29 is 0 Å². The van der Waals surface area contributed by atoms with Crippen LogP contribution < -0.4 is 5.32 Å². The van der Waals surface area contributed by atoms with Crippen LogP contribution in [0.5, 0.6) is 0 Å². The average molecular weight is 332 g/mol. The molecule has 6 heteroatoms. The number of nitrogens with zero attached hydrogens (tertiary/aromatic N) is 5. The highest BCUT2D eigenvalue weighted by molar-refractivity contribution is 5.66. The monoisotopic (exact) mass is 332 g/mol. The molecule has 6 nitrogen and oxygen atoms in total. The van der Waals surface area contributed by atoms with Crippen LogP contribution in [0.3, 0.4) is 0 Å². The lowest BCUT2D eigenvalue weighted by atomic mass is 10.1. The van der Waals surface area contributed by atoms with Gasteiger partial charge in [-0.2, -0.15) is 14.7 Å². The minimum atomic E-state index is 0.839. The first kappa shape index (κ1) is 15.4. The summed E-state index contributed by atoms with van der Waals surface area (Å²) in [5, 5.41) is 12.2. The van der Waals surface area contributed by atoms with Gasteiger partial charge in [0, 0.05) is 37.0 Å². The molecular formula is C19H20N6. The van der Waals surface area contributed by atoms with E-state index in [0.29, 0.717) is 0 Å². The van der Waals surface area contributed by atoms with Gasteiger partial charge in [-0.25, -0.2) is 4.98 Å². The number of hydrogen-bond acceptors (Lipinski definition) is 4. The zero-order chi connectivity index (χ0) is 17.1. The summed E-state index contributed by atoms with van der Waals surface area (Å²) in [6.45, 7) is 3.78. The van der Waals surface area contributed by atoms with Crippen LogP contribution in [0.2, 0.25) is 0 Å². The third kappa shape index (κ3) is 3.38. The molecule has 3 heterocycles. The van der Waals surface area contributed by atoms with Gasteiger partial charge in [0.15, 0.2) is 5.65 Å². The molecule has 25 heavy (non-hydrogen) atoms. The molecule has 0 bridgehead atoms. The Morgan fingerprint density at radius 2 is 1.96 bits per heavy atom. The molecule has 0 amide bonds. The Labute approximate surface area is 146 Å². The van der Waals surface area contributed by atoms with Crippen LogP contribution in [0.1, 0.15) is 12.0 Å². The fraction of sp³-hybridized carbons (Fsp3) is 0.211. The van der Waals surface area contributed by atoms with Gasteiger partial charge in [-0.05, 0) is 18.9 Å². The Balaban J connectivity index is 1.51. The quantitative estimate of drug-likeness (QED) is 0.550. The number of aryl methyl sites for hydroxylation is 2. The number of fused-ring (bicyclic) bond motifs is 1. The van der Waals surface area contributed by atoms with E-state index in [1.54, 1.807) is 6.20 Å². The molecule has 0 atom stereocenters. The summed E-state index contributed by atoms with van der Waals surface area (Å²) in [4.78, 5) is 4.69. The molecule has 0 aliphatic heterocycles. The molecule has 1 N–H and O–H groups in total. The maximum Gasteiger partial charge on any atom is 0.157 e. The number of anilines is 1. The third-order valence-electron chi connectivity index (χ3n) is 4.06. The minimum absolute atomic E-state index is 0.839. The highest BCUT2D eigenvalue weighted by Crippen LogP contribution is 2.21. The Morgan fingerprint density at radius 1 is 1.08 bits per heavy atom. The lowest BCUT2D eigenvalue weighted by Gasteiger charge is -2.11. The van der Waals surface area contributed by atoms with Crippen LogP contribution >= 0.6 is 0 Å². The molecule has 126 valence electrons. The summed E-state index contributed by atoms with van der Waals surface area (Å²) in [5.41, 5.74) is 4.07. The van der Waals surface area contributed by atoms with E-state index < -0.39 is 0 Å². The second-order valence-electron chi connectivity index (χ2n) is 6.05. The van der Waals surface area contributed by atoms with Crippen LogP contribution in [-0.2, 0) is 6.54 Å². The van der Waals surface area contributed by atoms with Crippen molar-refractivity contribution in [1.29, 1.82) is 0 Å². The van der Waals surface area contributed by atoms with Crippen molar-refractivity contribution in [2.24, 2.45) is 0 Å². The van der Waals surface area contributed by atoms with Gasteiger partial charge >= 0.3 is 0 Å². The molecule has 0 saturated heterocycles. The largest absolute Gasteiger partial charge is 0.370 e. The van der Waals surface area contributed by atoms with Crippen LogP contribution in [-0.4, -0.2) is 30.9 Å². The second kappa shape index (κ2) is 6.76. The number of benzene rings is 1. The molecule has 0 saturated carbocycles. The van der Waals surface area contributed by atoms with Crippen molar-refractivity contribution >= 4 is 11.5 Å². The normalized spacial score (nSPS) is 11.1. The standard InChI is InChI=1S/C19H20N6/c1-15-13-22-24(14-15)11-5-9-20-19-12-17(16-6-3-2-4-7-16)23-18-8-10-21-25(18)19/h2-4,6-8,10,12-14,20H,5,9,11H2,1H3. The lowest BCUT2D eigenvalue weighted by molar-refractivity contribution is 0.590. The maximum absolute atomic E-state index is 4.69. The molecule has 0 spiro atoms. The molecule has 0 radical (unpaired) electrons. The molecule has 0 aliphatic carbocycles. The number of aromatic nitrogens is 5. The van der Waals surface area contributed by atoms with E-state index in [0.717, 1.165) is 42.2 Å². The van der Waals surface area contributed by atoms with Gasteiger partial charge in [-0.1, -0.05) is 30.3 Å². The van der Waals surface area contributed by atoms with E-state index >= 15 is 0 Å². The van der Waals surface area contributed by atoms with E-state index in [-0.39, 0.29) is 0 Å². The van der Waals surface area contributed by atoms with Crippen molar-refractivity contribution in [3.05, 3.63) is 66.6 Å². The van der Waals surface area contributed by atoms with Crippen molar-refractivity contribution in [3.63, 3.8) is 0 Å². The Hall–Kier alpha value is -3.15. The third-order valence-corrected chi connectivity index (χ3v) is 4.06. The summed E-state index contributed by atoms with van der Waals surface area (Å²) in [6, 6.07) is 14.2. The smallest absolute Gasteiger partial charge is 0.157 e. The highest BCUT2D eigenvalue weighted by Gasteiger charge is 2.07. The van der Waals surface area contributed by atoms with Gasteiger partial charge in [0.25, 0.3) is 0 Å². The van der Waals surface area contributed by atoms with Crippen molar-refractivity contribution in [2.75, 3.05) is 11.9 Å². The van der Waals surface area contributed by atoms with E-state index in [2.05, 4.69) is 40.8 Å². The highest BCUT2D eigenvalue weighted by atomic mass is 15.3. The molecule has 0 unspecified atom stereocenters. The van der Waals surface area contributed by atoms with Crippen LogP contribution in [0, 0.1) is 6.92 Å².